The van der Waals surface area contributed by atoms with Crippen LogP contribution in [0.4, 0.5) is 0 Å². The first-order chi connectivity index (χ1) is 12.6. The van der Waals surface area contributed by atoms with E-state index in [4.69, 9.17) is 16.0 Å². The Morgan fingerprint density at radius 2 is 1.46 bits per heavy atom. The topological polar surface area (TPSA) is 53.8 Å². The molecule has 0 N–H and O–H groups in total. The van der Waals surface area contributed by atoms with Crippen LogP contribution in [-0.4, -0.2) is 47.8 Å². The van der Waals surface area contributed by atoms with Crippen molar-refractivity contribution in [3.8, 4) is 0 Å². The fraction of sp³-hybridized carbons (Fsp3) is 0.400. The summed E-state index contributed by atoms with van der Waals surface area (Å²) in [4.78, 5) is 28.4. The molecular weight excluding hydrogens is 352 g/mol. The molecule has 0 saturated carbocycles. The standard InChI is InChI=1S/C20H23ClN2O3/c21-17-6-3-16(4-7-17)5-9-19(24)22-11-13-23(14-12-22)20(25)10-8-18-2-1-15-26-18/h1-4,6-7,15H,5,8-14H2. The second-order valence-corrected chi connectivity index (χ2v) is 6.90. The third-order valence-corrected chi connectivity index (χ3v) is 4.94. The molecule has 0 unspecified atom stereocenters. The number of piperazine rings is 1. The number of benzene rings is 1. The molecule has 26 heavy (non-hydrogen) atoms. The molecule has 3 rings (SSSR count). The summed E-state index contributed by atoms with van der Waals surface area (Å²) in [7, 11) is 0. The van der Waals surface area contributed by atoms with Gasteiger partial charge in [-0.2, -0.15) is 0 Å². The smallest absolute Gasteiger partial charge is 0.223 e. The maximum Gasteiger partial charge on any atom is 0.223 e. The van der Waals surface area contributed by atoms with E-state index in [1.54, 1.807) is 6.26 Å². The lowest BCUT2D eigenvalue weighted by Gasteiger charge is -2.35. The quantitative estimate of drug-likeness (QED) is 0.780. The lowest BCUT2D eigenvalue weighted by Crippen LogP contribution is -2.50. The summed E-state index contributed by atoms with van der Waals surface area (Å²) in [5.41, 5.74) is 1.11. The van der Waals surface area contributed by atoms with Crippen molar-refractivity contribution >= 4 is 23.4 Å². The highest BCUT2D eigenvalue weighted by atomic mass is 35.5. The van der Waals surface area contributed by atoms with Crippen LogP contribution >= 0.6 is 11.6 Å². The fourth-order valence-corrected chi connectivity index (χ4v) is 3.23. The minimum atomic E-state index is 0.120. The number of carbonyl (C=O) groups excluding carboxylic acids is 2. The molecule has 1 fully saturated rings. The van der Waals surface area contributed by atoms with E-state index in [0.29, 0.717) is 56.9 Å². The number of aryl methyl sites for hydroxylation is 2. The molecule has 0 aliphatic carbocycles. The highest BCUT2D eigenvalue weighted by molar-refractivity contribution is 6.30. The first-order valence-corrected chi connectivity index (χ1v) is 9.32. The third-order valence-electron chi connectivity index (χ3n) is 4.69. The largest absolute Gasteiger partial charge is 0.469 e. The summed E-state index contributed by atoms with van der Waals surface area (Å²) in [5.74, 6) is 1.09. The van der Waals surface area contributed by atoms with Crippen LogP contribution in [0.2, 0.25) is 5.02 Å². The molecular formula is C20H23ClN2O3. The van der Waals surface area contributed by atoms with E-state index in [2.05, 4.69) is 0 Å². The van der Waals surface area contributed by atoms with Crippen molar-refractivity contribution in [3.63, 3.8) is 0 Å². The van der Waals surface area contributed by atoms with Crippen molar-refractivity contribution in [3.05, 3.63) is 59.0 Å². The Labute approximate surface area is 158 Å². The average Bonchev–Trinajstić information content (AvgIpc) is 3.19. The molecule has 1 aromatic heterocycles. The highest BCUT2D eigenvalue weighted by Crippen LogP contribution is 2.13. The van der Waals surface area contributed by atoms with Crippen LogP contribution in [-0.2, 0) is 22.4 Å². The summed E-state index contributed by atoms with van der Waals surface area (Å²) in [6.45, 7) is 2.41. The van der Waals surface area contributed by atoms with Gasteiger partial charge in [0.05, 0.1) is 6.26 Å². The maximum atomic E-state index is 12.4. The number of hydrogen-bond acceptors (Lipinski definition) is 3. The molecule has 0 spiro atoms. The van der Waals surface area contributed by atoms with E-state index in [1.807, 2.05) is 46.2 Å². The van der Waals surface area contributed by atoms with Crippen LogP contribution in [0, 0.1) is 0 Å². The van der Waals surface area contributed by atoms with E-state index < -0.39 is 0 Å². The molecule has 138 valence electrons. The van der Waals surface area contributed by atoms with Crippen LogP contribution < -0.4 is 0 Å². The Morgan fingerprint density at radius 1 is 0.885 bits per heavy atom. The third kappa shape index (κ3) is 5.11. The molecule has 6 heteroatoms. The fourth-order valence-electron chi connectivity index (χ4n) is 3.11. The Bertz CT molecular complexity index is 720. The summed E-state index contributed by atoms with van der Waals surface area (Å²) >= 11 is 5.87. The van der Waals surface area contributed by atoms with Gasteiger partial charge in [-0.05, 0) is 36.2 Å². The summed E-state index contributed by atoms with van der Waals surface area (Å²) in [5, 5.41) is 0.702. The van der Waals surface area contributed by atoms with Crippen molar-refractivity contribution in [1.29, 1.82) is 0 Å². The van der Waals surface area contributed by atoms with Crippen molar-refractivity contribution < 1.29 is 14.0 Å². The Hall–Kier alpha value is -2.27. The molecule has 0 bridgehead atoms. The van der Waals surface area contributed by atoms with Gasteiger partial charge in [-0.1, -0.05) is 23.7 Å². The second-order valence-electron chi connectivity index (χ2n) is 6.47. The zero-order chi connectivity index (χ0) is 18.4. The van der Waals surface area contributed by atoms with Gasteiger partial charge in [-0.25, -0.2) is 0 Å². The van der Waals surface area contributed by atoms with E-state index in [1.165, 1.54) is 0 Å². The monoisotopic (exact) mass is 374 g/mol. The van der Waals surface area contributed by atoms with Gasteiger partial charge in [0, 0.05) is 50.5 Å². The van der Waals surface area contributed by atoms with Crippen molar-refractivity contribution in [1.82, 2.24) is 9.80 Å². The number of rotatable bonds is 6. The van der Waals surface area contributed by atoms with Crippen molar-refractivity contribution in [2.75, 3.05) is 26.2 Å². The first-order valence-electron chi connectivity index (χ1n) is 8.94. The molecule has 2 heterocycles. The molecule has 0 atom stereocenters. The Balaban J connectivity index is 1.39. The number of nitrogens with zero attached hydrogens (tertiary/aromatic N) is 2. The van der Waals surface area contributed by atoms with Gasteiger partial charge in [-0.3, -0.25) is 9.59 Å². The predicted octanol–water partition coefficient (Wildman–Crippen LogP) is 3.17. The molecule has 1 aromatic carbocycles. The Kier molecular flexibility index (Phi) is 6.34. The van der Waals surface area contributed by atoms with E-state index >= 15 is 0 Å². The van der Waals surface area contributed by atoms with Crippen LogP contribution in [0.25, 0.3) is 0 Å². The molecule has 1 saturated heterocycles. The van der Waals surface area contributed by atoms with Crippen LogP contribution in [0.5, 0.6) is 0 Å². The number of hydrogen-bond donors (Lipinski definition) is 0. The normalized spacial score (nSPS) is 14.5. The SMILES string of the molecule is O=C(CCc1ccc(Cl)cc1)N1CCN(C(=O)CCc2ccco2)CC1. The van der Waals surface area contributed by atoms with Crippen molar-refractivity contribution in [2.45, 2.75) is 25.7 Å². The van der Waals surface area contributed by atoms with Gasteiger partial charge < -0.3 is 14.2 Å². The van der Waals surface area contributed by atoms with Gasteiger partial charge in [0.1, 0.15) is 5.76 Å². The van der Waals surface area contributed by atoms with E-state index in [-0.39, 0.29) is 11.8 Å². The average molecular weight is 375 g/mol. The van der Waals surface area contributed by atoms with Crippen molar-refractivity contribution in [2.24, 2.45) is 0 Å². The lowest BCUT2D eigenvalue weighted by atomic mass is 10.1. The minimum absolute atomic E-state index is 0.120. The van der Waals surface area contributed by atoms with Gasteiger partial charge in [0.2, 0.25) is 11.8 Å². The van der Waals surface area contributed by atoms with E-state index in [0.717, 1.165) is 11.3 Å². The summed E-state index contributed by atoms with van der Waals surface area (Å²) < 4.78 is 5.26. The zero-order valence-corrected chi connectivity index (χ0v) is 15.5. The second kappa shape index (κ2) is 8.90. The predicted molar refractivity (Wildman–Crippen MR) is 100.0 cm³/mol. The number of amides is 2. The Morgan fingerprint density at radius 3 is 2.00 bits per heavy atom. The maximum absolute atomic E-state index is 12.4. The summed E-state index contributed by atoms with van der Waals surface area (Å²) in [6, 6.07) is 11.3. The minimum Gasteiger partial charge on any atom is -0.469 e. The molecule has 5 nitrogen and oxygen atoms in total. The van der Waals surface area contributed by atoms with Gasteiger partial charge in [-0.15, -0.1) is 0 Å². The molecule has 1 aliphatic rings. The lowest BCUT2D eigenvalue weighted by molar-refractivity contribution is -0.139. The first kappa shape index (κ1) is 18.5. The number of halogens is 1. The van der Waals surface area contributed by atoms with Gasteiger partial charge in [0.15, 0.2) is 0 Å². The summed E-state index contributed by atoms with van der Waals surface area (Å²) in [6.07, 6.45) is 3.87. The molecule has 2 aromatic rings. The zero-order valence-electron chi connectivity index (χ0n) is 14.7. The van der Waals surface area contributed by atoms with Crippen LogP contribution in [0.15, 0.2) is 47.1 Å². The van der Waals surface area contributed by atoms with Gasteiger partial charge in [0.25, 0.3) is 0 Å². The van der Waals surface area contributed by atoms with Crippen LogP contribution in [0.3, 0.4) is 0 Å². The molecule has 0 radical (unpaired) electrons. The van der Waals surface area contributed by atoms with E-state index in [9.17, 15) is 9.59 Å². The number of carbonyl (C=O) groups is 2. The highest BCUT2D eigenvalue weighted by Gasteiger charge is 2.23. The van der Waals surface area contributed by atoms with Gasteiger partial charge >= 0.3 is 0 Å². The molecule has 2 amide bonds. The number of furan rings is 1. The molecule has 1 aliphatic heterocycles. The van der Waals surface area contributed by atoms with Crippen LogP contribution in [0.1, 0.15) is 24.2 Å².